The number of nitrogens with zero attached hydrogens (tertiary/aromatic N) is 1. The van der Waals surface area contributed by atoms with E-state index in [-0.39, 0.29) is 5.91 Å². The van der Waals surface area contributed by atoms with Crippen molar-refractivity contribution < 1.29 is 19.4 Å². The molecule has 1 saturated heterocycles. The number of carboxylic acids is 1. The average Bonchev–Trinajstić information content (AvgIpc) is 2.99. The predicted octanol–water partition coefficient (Wildman–Crippen LogP) is 2.74. The van der Waals surface area contributed by atoms with Gasteiger partial charge < -0.3 is 15.2 Å². The van der Waals surface area contributed by atoms with Gasteiger partial charge in [-0.2, -0.15) is 0 Å². The van der Waals surface area contributed by atoms with Crippen LogP contribution in [0.5, 0.6) is 5.75 Å². The molecule has 1 aromatic rings. The van der Waals surface area contributed by atoms with Gasteiger partial charge in [0.1, 0.15) is 11.8 Å². The van der Waals surface area contributed by atoms with Crippen LogP contribution in [0.25, 0.3) is 0 Å². The molecule has 3 unspecified atom stereocenters. The van der Waals surface area contributed by atoms with Gasteiger partial charge in [0, 0.05) is 24.7 Å². The van der Waals surface area contributed by atoms with Gasteiger partial charge in [0.2, 0.25) is 5.91 Å². The predicted molar refractivity (Wildman–Crippen MR) is 94.7 cm³/mol. The van der Waals surface area contributed by atoms with Crippen LogP contribution in [0.15, 0.2) is 24.3 Å². The van der Waals surface area contributed by atoms with E-state index < -0.39 is 12.0 Å². The van der Waals surface area contributed by atoms with Gasteiger partial charge >= 0.3 is 5.97 Å². The van der Waals surface area contributed by atoms with E-state index in [1.807, 2.05) is 0 Å². The van der Waals surface area contributed by atoms with E-state index in [1.54, 1.807) is 31.4 Å². The summed E-state index contributed by atoms with van der Waals surface area (Å²) in [6, 6.07) is 7.06. The van der Waals surface area contributed by atoms with Crippen LogP contribution in [0, 0.1) is 5.92 Å². The first-order valence-electron chi connectivity index (χ1n) is 9.01. The number of rotatable bonds is 6. The molecule has 1 aliphatic carbocycles. The summed E-state index contributed by atoms with van der Waals surface area (Å²) >= 11 is 0. The molecule has 0 spiro atoms. The van der Waals surface area contributed by atoms with E-state index in [2.05, 4.69) is 10.2 Å². The Balaban J connectivity index is 1.56. The zero-order valence-electron chi connectivity index (χ0n) is 14.6. The van der Waals surface area contributed by atoms with Crippen LogP contribution in [0.1, 0.15) is 38.5 Å². The number of anilines is 1. The number of amides is 1. The van der Waals surface area contributed by atoms with Crippen molar-refractivity contribution in [1.29, 1.82) is 0 Å². The van der Waals surface area contributed by atoms with Crippen LogP contribution < -0.4 is 10.1 Å². The Morgan fingerprint density at radius 1 is 1.24 bits per heavy atom. The third-order valence-electron chi connectivity index (χ3n) is 5.48. The van der Waals surface area contributed by atoms with Crippen molar-refractivity contribution in [1.82, 2.24) is 4.90 Å². The molecular formula is C19H26N2O4. The van der Waals surface area contributed by atoms with Crippen LogP contribution >= 0.6 is 0 Å². The fourth-order valence-electron chi connectivity index (χ4n) is 4.25. The summed E-state index contributed by atoms with van der Waals surface area (Å²) < 4.78 is 5.10. The van der Waals surface area contributed by atoms with Crippen molar-refractivity contribution in [3.8, 4) is 5.75 Å². The molecular weight excluding hydrogens is 320 g/mol. The molecule has 1 heterocycles. The molecule has 136 valence electrons. The number of nitrogens with one attached hydrogen (secondary N) is 1. The summed E-state index contributed by atoms with van der Waals surface area (Å²) in [7, 11) is 1.60. The van der Waals surface area contributed by atoms with E-state index in [4.69, 9.17) is 4.74 Å². The van der Waals surface area contributed by atoms with Crippen LogP contribution in [-0.4, -0.2) is 47.6 Å². The second-order valence-corrected chi connectivity index (χ2v) is 6.97. The van der Waals surface area contributed by atoms with Crippen molar-refractivity contribution in [3.05, 3.63) is 24.3 Å². The largest absolute Gasteiger partial charge is 0.497 e. The third-order valence-corrected chi connectivity index (χ3v) is 5.48. The lowest BCUT2D eigenvalue weighted by Crippen LogP contribution is -2.43. The zero-order chi connectivity index (χ0) is 17.8. The minimum atomic E-state index is -0.759. The van der Waals surface area contributed by atoms with Crippen molar-refractivity contribution in [3.63, 3.8) is 0 Å². The number of likely N-dealkylation sites (tertiary alicyclic amines) is 1. The van der Waals surface area contributed by atoms with E-state index >= 15 is 0 Å². The lowest BCUT2D eigenvalue weighted by atomic mass is 9.85. The van der Waals surface area contributed by atoms with Gasteiger partial charge in [0.15, 0.2) is 0 Å². The van der Waals surface area contributed by atoms with Crippen LogP contribution in [0.4, 0.5) is 5.69 Å². The van der Waals surface area contributed by atoms with Gasteiger partial charge in [-0.25, -0.2) is 0 Å². The Morgan fingerprint density at radius 3 is 2.64 bits per heavy atom. The van der Waals surface area contributed by atoms with Gasteiger partial charge in [-0.05, 0) is 49.4 Å². The summed E-state index contributed by atoms with van der Waals surface area (Å²) in [6.45, 7) is 0.500. The zero-order valence-corrected chi connectivity index (χ0v) is 14.6. The molecule has 1 saturated carbocycles. The molecule has 3 atom stereocenters. The van der Waals surface area contributed by atoms with Gasteiger partial charge in [-0.3, -0.25) is 14.5 Å². The quantitative estimate of drug-likeness (QED) is 0.828. The number of aliphatic carboxylic acids is 1. The van der Waals surface area contributed by atoms with Gasteiger partial charge in [-0.15, -0.1) is 0 Å². The maximum atomic E-state index is 12.2. The number of benzene rings is 1. The Labute approximate surface area is 148 Å². The normalized spacial score (nSPS) is 26.0. The molecule has 0 aromatic heterocycles. The number of carbonyl (C=O) groups is 2. The second kappa shape index (κ2) is 7.87. The van der Waals surface area contributed by atoms with Gasteiger partial charge in [0.25, 0.3) is 0 Å². The van der Waals surface area contributed by atoms with E-state index in [0.717, 1.165) is 37.1 Å². The minimum absolute atomic E-state index is 0.0893. The Hall–Kier alpha value is -2.08. The van der Waals surface area contributed by atoms with Crippen LogP contribution in [0.3, 0.4) is 0 Å². The molecule has 1 aliphatic heterocycles. The van der Waals surface area contributed by atoms with Gasteiger partial charge in [0.05, 0.1) is 7.11 Å². The van der Waals surface area contributed by atoms with Crippen molar-refractivity contribution in [2.24, 2.45) is 5.92 Å². The molecule has 25 heavy (non-hydrogen) atoms. The van der Waals surface area contributed by atoms with Crippen molar-refractivity contribution >= 4 is 17.6 Å². The summed E-state index contributed by atoms with van der Waals surface area (Å²) in [5.41, 5.74) is 0.720. The molecule has 0 bridgehead atoms. The van der Waals surface area contributed by atoms with Crippen molar-refractivity contribution in [2.45, 2.75) is 50.6 Å². The maximum Gasteiger partial charge on any atom is 0.320 e. The molecule has 2 aliphatic rings. The Kier molecular flexibility index (Phi) is 5.58. The average molecular weight is 346 g/mol. The summed E-state index contributed by atoms with van der Waals surface area (Å²) in [5, 5.41) is 12.4. The first kappa shape index (κ1) is 17.7. The number of ether oxygens (including phenoxy) is 1. The lowest BCUT2D eigenvalue weighted by Gasteiger charge is -2.32. The van der Waals surface area contributed by atoms with Crippen molar-refractivity contribution in [2.75, 3.05) is 19.0 Å². The van der Waals surface area contributed by atoms with Gasteiger partial charge in [-0.1, -0.05) is 12.8 Å². The summed E-state index contributed by atoms with van der Waals surface area (Å²) in [4.78, 5) is 25.9. The molecule has 1 amide bonds. The highest BCUT2D eigenvalue weighted by Gasteiger charge is 2.44. The SMILES string of the molecule is COc1ccc(NC(=O)CCN2C(C(=O)O)CC3CCCCC32)cc1. The molecule has 6 heteroatoms. The number of hydrogen-bond acceptors (Lipinski definition) is 4. The highest BCUT2D eigenvalue weighted by atomic mass is 16.5. The van der Waals surface area contributed by atoms with E-state index in [0.29, 0.717) is 24.9 Å². The molecule has 6 nitrogen and oxygen atoms in total. The maximum absolute atomic E-state index is 12.2. The summed E-state index contributed by atoms with van der Waals surface area (Å²) in [6.07, 6.45) is 5.54. The lowest BCUT2D eigenvalue weighted by molar-refractivity contribution is -0.143. The number of methoxy groups -OCH3 is 1. The molecule has 2 N–H and O–H groups in total. The standard InChI is InChI=1S/C19H26N2O4/c1-25-15-8-6-14(7-9-15)20-18(22)10-11-21-16-5-3-2-4-13(16)12-17(21)19(23)24/h6-9,13,16-17H,2-5,10-12H2,1H3,(H,20,22)(H,23,24). The monoisotopic (exact) mass is 346 g/mol. The Morgan fingerprint density at radius 2 is 1.96 bits per heavy atom. The molecule has 3 rings (SSSR count). The number of carboxylic acid groups (broad SMARTS) is 1. The van der Waals surface area contributed by atoms with Crippen LogP contribution in [0.2, 0.25) is 0 Å². The topological polar surface area (TPSA) is 78.9 Å². The fraction of sp³-hybridized carbons (Fsp3) is 0.579. The second-order valence-electron chi connectivity index (χ2n) is 6.97. The first-order chi connectivity index (χ1) is 12.1. The number of carbonyl (C=O) groups excluding carboxylic acids is 1. The number of hydrogen-bond donors (Lipinski definition) is 2. The molecule has 2 fully saturated rings. The molecule has 1 aromatic carbocycles. The van der Waals surface area contributed by atoms with Crippen LogP contribution in [-0.2, 0) is 9.59 Å². The Bertz CT molecular complexity index is 616. The first-order valence-corrected chi connectivity index (χ1v) is 9.01. The smallest absolute Gasteiger partial charge is 0.320 e. The van der Waals surface area contributed by atoms with E-state index in [9.17, 15) is 14.7 Å². The summed E-state index contributed by atoms with van der Waals surface area (Å²) in [5.74, 6) is 0.362. The van der Waals surface area contributed by atoms with E-state index in [1.165, 1.54) is 6.42 Å². The number of fused-ring (bicyclic) bond motifs is 1. The highest BCUT2D eigenvalue weighted by Crippen LogP contribution is 2.39. The minimum Gasteiger partial charge on any atom is -0.497 e. The fourth-order valence-corrected chi connectivity index (χ4v) is 4.25. The highest BCUT2D eigenvalue weighted by molar-refractivity contribution is 5.90. The molecule has 0 radical (unpaired) electrons. The third kappa shape index (κ3) is 4.12.